The van der Waals surface area contributed by atoms with Crippen LogP contribution in [0.25, 0.3) is 0 Å². The molecule has 0 spiro atoms. The van der Waals surface area contributed by atoms with E-state index in [0.717, 1.165) is 6.92 Å². The zero-order valence-electron chi connectivity index (χ0n) is 43.3. The first-order valence-electron chi connectivity index (χ1n) is 17.9. The SMILES string of the molecule is CC(=O)O.[CH2]C.[CH2]C.[CH2]C.[CH2]C.[CH2]C.[CH2]C.[CH2]C.[CH2]C.[CH2]C.[CH2]C.[CH2]C.[CH2]C.[CH2]C.[CH2]C.[CH2]C.[CH2]C.[CH2]C.[CH2]C.[CH2]C.[CH2]C.[CH2]C.[CH2]C.[CH2]C.[CH2]C. The van der Waals surface area contributed by atoms with E-state index in [9.17, 15) is 0 Å². The summed E-state index contributed by atoms with van der Waals surface area (Å²) in [6.07, 6.45) is 0. The molecule has 0 amide bonds. The molecule has 0 bridgehead atoms. The zero-order valence-corrected chi connectivity index (χ0v) is 43.3. The highest BCUT2D eigenvalue weighted by atomic mass is 16.4. The minimum atomic E-state index is -0.833. The van der Waals surface area contributed by atoms with Crippen molar-refractivity contribution in [2.24, 2.45) is 0 Å². The Bertz CT molecular complexity index is 35.2. The molecule has 52 heavy (non-hydrogen) atoms. The van der Waals surface area contributed by atoms with Gasteiger partial charge in [-0.15, -0.1) is 0 Å². The summed E-state index contributed by atoms with van der Waals surface area (Å²) in [7, 11) is 0. The first kappa shape index (κ1) is 187. The monoisotopic (exact) mass is 757 g/mol. The predicted octanol–water partition coefficient (Wildman–Crippen LogP) is 20.3. The molecule has 0 saturated carbocycles. The number of hydrogen-bond acceptors (Lipinski definition) is 1. The first-order chi connectivity index (χ1) is 25.7. The molecule has 336 valence electrons. The van der Waals surface area contributed by atoms with Crippen molar-refractivity contribution in [1.29, 1.82) is 0 Å². The number of hydrogen-bond donors (Lipinski definition) is 1. The highest BCUT2D eigenvalue weighted by molar-refractivity contribution is 5.62. The van der Waals surface area contributed by atoms with Crippen LogP contribution < -0.4 is 0 Å². The number of carboxylic acid groups (broad SMARTS) is 1. The van der Waals surface area contributed by atoms with Crippen LogP contribution >= 0.6 is 0 Å². The van der Waals surface area contributed by atoms with Crippen molar-refractivity contribution in [1.82, 2.24) is 0 Å². The van der Waals surface area contributed by atoms with Crippen molar-refractivity contribution in [3.05, 3.63) is 166 Å². The molecular weight excluding hydrogens is 633 g/mol. The molecular formula is C50H124O2. The molecule has 0 aromatic rings. The van der Waals surface area contributed by atoms with Gasteiger partial charge in [0.2, 0.25) is 0 Å². The molecule has 0 aromatic heterocycles. The lowest BCUT2D eigenvalue weighted by molar-refractivity contribution is -0.134. The second kappa shape index (κ2) is 20200. The lowest BCUT2D eigenvalue weighted by atomic mass is 10.9. The number of carboxylic acids is 1. The van der Waals surface area contributed by atoms with Gasteiger partial charge < -0.3 is 5.11 Å². The van der Waals surface area contributed by atoms with E-state index in [1.54, 1.807) is 166 Å². The minimum Gasteiger partial charge on any atom is -0.481 e. The van der Waals surface area contributed by atoms with E-state index in [1.807, 2.05) is 0 Å². The predicted molar refractivity (Wildman–Crippen MR) is 278 cm³/mol. The van der Waals surface area contributed by atoms with E-state index < -0.39 is 5.97 Å². The summed E-state index contributed by atoms with van der Waals surface area (Å²) in [5.74, 6) is -0.833. The molecule has 0 aromatic carbocycles. The Morgan fingerprint density at radius 3 is 0.192 bits per heavy atom. The van der Waals surface area contributed by atoms with E-state index in [0.29, 0.717) is 0 Å². The third-order valence-corrected chi connectivity index (χ3v) is 0. The molecule has 2 nitrogen and oxygen atoms in total. The van der Waals surface area contributed by atoms with Gasteiger partial charge in [-0.2, -0.15) is 0 Å². The van der Waals surface area contributed by atoms with E-state index in [2.05, 4.69) is 166 Å². The number of aliphatic carboxylic acids is 1. The molecule has 24 radical (unpaired) electrons. The van der Waals surface area contributed by atoms with Gasteiger partial charge >= 0.3 is 0 Å². The highest BCUT2D eigenvalue weighted by Crippen LogP contribution is 1.42. The summed E-state index contributed by atoms with van der Waals surface area (Å²) in [6, 6.07) is 0. The van der Waals surface area contributed by atoms with Crippen LogP contribution in [0, 0.1) is 166 Å². The third kappa shape index (κ3) is 414000. The topological polar surface area (TPSA) is 37.3 Å². The van der Waals surface area contributed by atoms with Crippen molar-refractivity contribution in [3.8, 4) is 0 Å². The second-order valence-electron chi connectivity index (χ2n) is 0.519. The van der Waals surface area contributed by atoms with Gasteiger partial charge in [0.25, 0.3) is 5.97 Å². The average molecular weight is 758 g/mol. The third-order valence-electron chi connectivity index (χ3n) is 0. The summed E-state index contributed by atoms with van der Waals surface area (Å²) < 4.78 is 0. The standard InChI is InChI=1S/C2H4O2.24C2H5/c1-2(3)4;24*1-2/h1H3,(H,3,4);24*1H2,2H3. The molecule has 0 aliphatic rings. The Balaban J connectivity index is -0.00000000637. The maximum absolute atomic E-state index is 9.00. The second-order valence-corrected chi connectivity index (χ2v) is 0.519. The molecule has 0 rings (SSSR count). The summed E-state index contributed by atoms with van der Waals surface area (Å²) in [6.45, 7) is 121. The van der Waals surface area contributed by atoms with Gasteiger partial charge in [-0.3, -0.25) is 4.79 Å². The van der Waals surface area contributed by atoms with Gasteiger partial charge in [-0.05, 0) is 0 Å². The van der Waals surface area contributed by atoms with E-state index >= 15 is 0 Å². The highest BCUT2D eigenvalue weighted by Gasteiger charge is 1.65. The van der Waals surface area contributed by atoms with Gasteiger partial charge in [0.05, 0.1) is 0 Å². The van der Waals surface area contributed by atoms with Gasteiger partial charge in [0.1, 0.15) is 0 Å². The fourth-order valence-electron chi connectivity index (χ4n) is 0. The van der Waals surface area contributed by atoms with E-state index in [4.69, 9.17) is 9.90 Å². The van der Waals surface area contributed by atoms with Crippen molar-refractivity contribution < 1.29 is 9.90 Å². The molecule has 0 unspecified atom stereocenters. The molecule has 1 N–H and O–H groups in total. The Kier molecular flexibility index (Phi) is 72900. The van der Waals surface area contributed by atoms with Crippen LogP contribution in [0.2, 0.25) is 0 Å². The van der Waals surface area contributed by atoms with Crippen LogP contribution in [-0.4, -0.2) is 11.1 Å². The summed E-state index contributed by atoms with van der Waals surface area (Å²) in [5, 5.41) is 7.42. The van der Waals surface area contributed by atoms with E-state index in [-0.39, 0.29) is 0 Å². The molecule has 0 heterocycles. The maximum atomic E-state index is 9.00. The first-order valence-corrected chi connectivity index (χ1v) is 17.9. The summed E-state index contributed by atoms with van der Waals surface area (Å²) in [5.41, 5.74) is 0. The maximum Gasteiger partial charge on any atom is 0.300 e. The fraction of sp³-hybridized carbons (Fsp3) is 0.500. The molecule has 0 aliphatic heterocycles. The molecule has 0 fully saturated rings. The summed E-state index contributed by atoms with van der Waals surface area (Å²) >= 11 is 0. The minimum absolute atomic E-state index is 0.833. The lowest BCUT2D eigenvalue weighted by Gasteiger charge is -1.59. The summed E-state index contributed by atoms with van der Waals surface area (Å²) in [4.78, 5) is 9.00. The largest absolute Gasteiger partial charge is 0.481 e. The van der Waals surface area contributed by atoms with Crippen molar-refractivity contribution in [3.63, 3.8) is 0 Å². The van der Waals surface area contributed by atoms with Crippen LogP contribution in [0.4, 0.5) is 0 Å². The van der Waals surface area contributed by atoms with Crippen molar-refractivity contribution >= 4 is 5.97 Å². The van der Waals surface area contributed by atoms with Crippen LogP contribution in [0.3, 0.4) is 0 Å². The Morgan fingerprint density at radius 1 is 0.192 bits per heavy atom. The Morgan fingerprint density at radius 2 is 0.192 bits per heavy atom. The van der Waals surface area contributed by atoms with Gasteiger partial charge in [0.15, 0.2) is 0 Å². The normalized spacial score (nSPS) is 3.25. The van der Waals surface area contributed by atoms with Crippen LogP contribution in [-0.2, 0) is 4.79 Å². The van der Waals surface area contributed by atoms with Gasteiger partial charge in [-0.25, -0.2) is 0 Å². The average Bonchev–Trinajstić information content (AvgIpc) is 3.36. The van der Waals surface area contributed by atoms with Gasteiger partial charge in [0, 0.05) is 6.92 Å². The quantitative estimate of drug-likeness (QED) is 0.267. The van der Waals surface area contributed by atoms with Crippen molar-refractivity contribution in [2.75, 3.05) is 0 Å². The zero-order chi connectivity index (χ0) is 51.6. The van der Waals surface area contributed by atoms with Crippen LogP contribution in [0.15, 0.2) is 0 Å². The Hall–Kier alpha value is -0.530. The molecule has 0 atom stereocenters. The number of rotatable bonds is 0. The Labute approximate surface area is 354 Å². The number of carbonyl (C=O) groups is 1. The van der Waals surface area contributed by atoms with Gasteiger partial charge in [-0.1, -0.05) is 332 Å². The van der Waals surface area contributed by atoms with Crippen LogP contribution in [0.1, 0.15) is 173 Å². The lowest BCUT2D eigenvalue weighted by Crippen LogP contribution is -1.78. The molecule has 2 heteroatoms. The van der Waals surface area contributed by atoms with Crippen LogP contribution in [0.5, 0.6) is 0 Å². The smallest absolute Gasteiger partial charge is 0.300 e. The fourth-order valence-corrected chi connectivity index (χ4v) is 0. The van der Waals surface area contributed by atoms with E-state index in [1.165, 1.54) is 0 Å². The molecule has 0 aliphatic carbocycles. The van der Waals surface area contributed by atoms with Crippen molar-refractivity contribution in [2.45, 2.75) is 173 Å². The molecule has 0 saturated heterocycles.